The predicted octanol–water partition coefficient (Wildman–Crippen LogP) is 14.4. The Morgan fingerprint density at radius 2 is 0.772 bits per heavy atom. The summed E-state index contributed by atoms with van der Waals surface area (Å²) in [5.41, 5.74) is 20.4. The van der Waals surface area contributed by atoms with Gasteiger partial charge in [-0.15, -0.1) is 0 Å². The topological polar surface area (TPSA) is 16.4 Å². The van der Waals surface area contributed by atoms with E-state index in [0.29, 0.717) is 0 Å². The summed E-state index contributed by atoms with van der Waals surface area (Å²) in [5.74, 6) is 0. The number of fused-ring (bicyclic) bond motifs is 15. The van der Waals surface area contributed by atoms with Crippen molar-refractivity contribution in [2.45, 2.75) is 43.9 Å². The molecule has 272 valence electrons. The molecule has 1 heterocycles. The van der Waals surface area contributed by atoms with Crippen LogP contribution >= 0.6 is 0 Å². The van der Waals surface area contributed by atoms with Crippen molar-refractivity contribution in [1.82, 2.24) is 0 Å². The van der Waals surface area contributed by atoms with E-state index in [2.05, 4.69) is 202 Å². The van der Waals surface area contributed by atoms with Crippen LogP contribution in [0.5, 0.6) is 0 Å². The fourth-order valence-electron chi connectivity index (χ4n) is 11.1. The zero-order valence-corrected chi connectivity index (χ0v) is 32.6. The van der Waals surface area contributed by atoms with Gasteiger partial charge in [0.05, 0.1) is 5.41 Å². The molecule has 0 aliphatic heterocycles. The molecule has 2 nitrogen and oxygen atoms in total. The molecule has 0 saturated carbocycles. The van der Waals surface area contributed by atoms with Gasteiger partial charge in [-0.1, -0.05) is 155 Å². The van der Waals surface area contributed by atoms with Crippen molar-refractivity contribution >= 4 is 39.0 Å². The van der Waals surface area contributed by atoms with E-state index >= 15 is 0 Å². The molecule has 0 unspecified atom stereocenters. The highest BCUT2D eigenvalue weighted by molar-refractivity contribution is 6.06. The molecule has 0 fully saturated rings. The molecule has 3 aliphatic carbocycles. The number of para-hydroxylation sites is 1. The summed E-state index contributed by atoms with van der Waals surface area (Å²) >= 11 is 0. The second-order valence-corrected chi connectivity index (χ2v) is 17.3. The molecule has 0 radical (unpaired) electrons. The minimum absolute atomic E-state index is 0.137. The van der Waals surface area contributed by atoms with Crippen LogP contribution < -0.4 is 4.90 Å². The lowest BCUT2D eigenvalue weighted by Crippen LogP contribution is -2.40. The van der Waals surface area contributed by atoms with Gasteiger partial charge in [-0.3, -0.25) is 0 Å². The van der Waals surface area contributed by atoms with Crippen molar-refractivity contribution < 1.29 is 4.42 Å². The van der Waals surface area contributed by atoms with Crippen LogP contribution in [0, 0.1) is 0 Å². The predicted molar refractivity (Wildman–Crippen MR) is 235 cm³/mol. The van der Waals surface area contributed by atoms with E-state index in [9.17, 15) is 0 Å². The number of furan rings is 1. The maximum atomic E-state index is 6.54. The molecular weight excluding hydrogens is 691 g/mol. The maximum Gasteiger partial charge on any atom is 0.137 e. The average Bonchev–Trinajstić information content (AvgIpc) is 3.84. The van der Waals surface area contributed by atoms with Crippen molar-refractivity contribution in [3.63, 3.8) is 0 Å². The van der Waals surface area contributed by atoms with Crippen LogP contribution in [0.3, 0.4) is 0 Å². The van der Waals surface area contributed by atoms with Crippen LogP contribution in [0.25, 0.3) is 44.2 Å². The van der Waals surface area contributed by atoms with Gasteiger partial charge in [-0.25, -0.2) is 0 Å². The van der Waals surface area contributed by atoms with Crippen molar-refractivity contribution in [3.05, 3.63) is 220 Å². The van der Waals surface area contributed by atoms with Gasteiger partial charge >= 0.3 is 0 Å². The highest BCUT2D eigenvalue weighted by atomic mass is 16.3. The van der Waals surface area contributed by atoms with Crippen LogP contribution in [-0.4, -0.2) is 0 Å². The number of benzene rings is 8. The van der Waals surface area contributed by atoms with Crippen molar-refractivity contribution in [2.75, 3.05) is 4.90 Å². The Bertz CT molecular complexity index is 3110. The first kappa shape index (κ1) is 32.6. The fraction of sp³-hybridized carbons (Fsp3) is 0.127. The second-order valence-electron chi connectivity index (χ2n) is 17.3. The first-order valence-corrected chi connectivity index (χ1v) is 20.2. The van der Waals surface area contributed by atoms with Crippen molar-refractivity contribution in [2.24, 2.45) is 0 Å². The lowest BCUT2D eigenvalue weighted by molar-refractivity contribution is 0.563. The SMILES string of the molecule is CC1(C)c2ccccc2-c2ccc(N(c3ccc4c(c3)C3(c5ccccc5-4)c4ccccc4C(C)(C)c4ccccc43)c3ccc4c(c3)oc3ccccc34)cc21. The molecule has 9 aromatic rings. The average molecular weight is 732 g/mol. The Morgan fingerprint density at radius 1 is 0.333 bits per heavy atom. The molecule has 0 bridgehead atoms. The summed E-state index contributed by atoms with van der Waals surface area (Å²) in [5, 5.41) is 2.26. The summed E-state index contributed by atoms with van der Waals surface area (Å²) in [6.45, 7) is 9.50. The molecule has 2 heteroatoms. The van der Waals surface area contributed by atoms with E-state index in [1.54, 1.807) is 0 Å². The maximum absolute atomic E-state index is 6.54. The van der Waals surface area contributed by atoms with Gasteiger partial charge in [0, 0.05) is 44.7 Å². The van der Waals surface area contributed by atoms with Crippen LogP contribution in [0.15, 0.2) is 180 Å². The summed E-state index contributed by atoms with van der Waals surface area (Å²) in [4.78, 5) is 2.45. The lowest BCUT2D eigenvalue weighted by atomic mass is 9.55. The van der Waals surface area contributed by atoms with Gasteiger partial charge in [0.2, 0.25) is 0 Å². The van der Waals surface area contributed by atoms with Gasteiger partial charge in [0.25, 0.3) is 0 Å². The van der Waals surface area contributed by atoms with Crippen LogP contribution in [0.4, 0.5) is 17.1 Å². The fourth-order valence-corrected chi connectivity index (χ4v) is 11.1. The van der Waals surface area contributed by atoms with E-state index in [0.717, 1.165) is 39.0 Å². The van der Waals surface area contributed by atoms with Crippen molar-refractivity contribution in [3.8, 4) is 22.3 Å². The van der Waals surface area contributed by atoms with Gasteiger partial charge < -0.3 is 9.32 Å². The van der Waals surface area contributed by atoms with E-state index in [1.165, 1.54) is 66.8 Å². The third kappa shape index (κ3) is 4.15. The Hall–Kier alpha value is -6.64. The Balaban J connectivity index is 1.14. The molecule has 0 amide bonds. The molecule has 1 aromatic heterocycles. The minimum Gasteiger partial charge on any atom is -0.456 e. The monoisotopic (exact) mass is 731 g/mol. The Kier molecular flexibility index (Phi) is 6.42. The van der Waals surface area contributed by atoms with E-state index in [-0.39, 0.29) is 10.8 Å². The number of rotatable bonds is 3. The molecule has 1 spiro atoms. The highest BCUT2D eigenvalue weighted by Crippen LogP contribution is 2.63. The number of nitrogens with zero attached hydrogens (tertiary/aromatic N) is 1. The zero-order chi connectivity index (χ0) is 38.3. The summed E-state index contributed by atoms with van der Waals surface area (Å²) in [6.07, 6.45) is 0. The molecule has 3 aliphatic rings. The zero-order valence-electron chi connectivity index (χ0n) is 32.6. The van der Waals surface area contributed by atoms with Crippen molar-refractivity contribution in [1.29, 1.82) is 0 Å². The smallest absolute Gasteiger partial charge is 0.137 e. The number of hydrogen-bond donors (Lipinski definition) is 0. The lowest BCUT2D eigenvalue weighted by Gasteiger charge is -2.46. The molecule has 0 N–H and O–H groups in total. The summed E-state index contributed by atoms with van der Waals surface area (Å²) < 4.78 is 6.54. The van der Waals surface area contributed by atoms with Gasteiger partial charge in [0.1, 0.15) is 11.2 Å². The third-order valence-corrected chi connectivity index (χ3v) is 13.7. The quantitative estimate of drug-likeness (QED) is 0.180. The van der Waals surface area contributed by atoms with Gasteiger partial charge in [-0.05, 0) is 109 Å². The largest absolute Gasteiger partial charge is 0.456 e. The first-order valence-electron chi connectivity index (χ1n) is 20.2. The molecule has 0 saturated heterocycles. The highest BCUT2D eigenvalue weighted by Gasteiger charge is 2.53. The molecule has 57 heavy (non-hydrogen) atoms. The Morgan fingerprint density at radius 3 is 1.46 bits per heavy atom. The van der Waals surface area contributed by atoms with Crippen LogP contribution in [0.1, 0.15) is 72.2 Å². The normalized spacial score (nSPS) is 15.8. The van der Waals surface area contributed by atoms with Gasteiger partial charge in [-0.2, -0.15) is 0 Å². The minimum atomic E-state index is -0.486. The van der Waals surface area contributed by atoms with Gasteiger partial charge in [0.15, 0.2) is 0 Å². The number of anilines is 3. The number of hydrogen-bond acceptors (Lipinski definition) is 2. The van der Waals surface area contributed by atoms with E-state index in [4.69, 9.17) is 4.42 Å². The summed E-state index contributed by atoms with van der Waals surface area (Å²) in [7, 11) is 0. The Labute approximate surface area is 333 Å². The van der Waals surface area contributed by atoms with E-state index in [1.807, 2.05) is 6.07 Å². The molecule has 12 rings (SSSR count). The molecule has 0 atom stereocenters. The first-order chi connectivity index (χ1) is 27.8. The van der Waals surface area contributed by atoms with Crippen LogP contribution in [0.2, 0.25) is 0 Å². The van der Waals surface area contributed by atoms with Crippen LogP contribution in [-0.2, 0) is 16.2 Å². The molecular formula is C55H41NO. The van der Waals surface area contributed by atoms with E-state index < -0.39 is 5.41 Å². The summed E-state index contributed by atoms with van der Waals surface area (Å²) in [6, 6.07) is 65.7. The standard InChI is InChI=1S/C55H41NO/c1-53(2)43-18-8-5-15-37(43)39-28-25-34(31-49(39)53)56(36-27-30-42-41-17-7-14-24-51(41)57-52(42)33-36)35-26-29-40-38-16-6-9-19-44(38)55(50(40)32-35)47-22-12-10-20-45(47)54(3,4)46-21-11-13-23-48(46)55/h5-33H,1-4H3. The third-order valence-electron chi connectivity index (χ3n) is 13.7. The second kappa shape index (κ2) is 11.2. The molecule has 8 aromatic carbocycles.